The van der Waals surface area contributed by atoms with E-state index in [1.54, 1.807) is 14.2 Å². The molecule has 146 valence electrons. The van der Waals surface area contributed by atoms with E-state index in [0.29, 0.717) is 26.2 Å². The first-order valence-corrected chi connectivity index (χ1v) is 8.66. The molecule has 0 radical (unpaired) electrons. The molecule has 0 aliphatic carbocycles. The summed E-state index contributed by atoms with van der Waals surface area (Å²) >= 11 is 0. The Balaban J connectivity index is 0.00000312. The van der Waals surface area contributed by atoms with E-state index in [9.17, 15) is 4.79 Å². The molecule has 2 saturated heterocycles. The number of hydrogen-bond acceptors (Lipinski definition) is 5. The average Bonchev–Trinajstić information content (AvgIpc) is 2.60. The van der Waals surface area contributed by atoms with Gasteiger partial charge in [-0.05, 0) is 7.05 Å². The summed E-state index contributed by atoms with van der Waals surface area (Å²) in [5, 5.41) is 3.30. The fourth-order valence-corrected chi connectivity index (χ4v) is 3.03. The molecule has 2 aliphatic heterocycles. The zero-order chi connectivity index (χ0) is 17.4. The van der Waals surface area contributed by atoms with Gasteiger partial charge in [0.05, 0.1) is 19.3 Å². The summed E-state index contributed by atoms with van der Waals surface area (Å²) in [6.07, 6.45) is 0.559. The molecule has 0 saturated carbocycles. The highest BCUT2D eigenvalue weighted by atomic mass is 127. The summed E-state index contributed by atoms with van der Waals surface area (Å²) in [5.41, 5.74) is 0. The number of halogens is 1. The molecule has 1 N–H and O–H groups in total. The first-order valence-electron chi connectivity index (χ1n) is 8.66. The molecular weight excluding hydrogens is 437 g/mol. The van der Waals surface area contributed by atoms with Crippen LogP contribution in [-0.2, 0) is 14.3 Å². The number of carbonyl (C=O) groups is 1. The first kappa shape index (κ1) is 22.4. The smallest absolute Gasteiger partial charge is 0.224 e. The third-order valence-corrected chi connectivity index (χ3v) is 4.48. The van der Waals surface area contributed by atoms with E-state index in [2.05, 4.69) is 27.2 Å². The van der Waals surface area contributed by atoms with Gasteiger partial charge in [-0.25, -0.2) is 0 Å². The number of morpholine rings is 1. The number of carbonyl (C=O) groups excluding carboxylic acids is 1. The van der Waals surface area contributed by atoms with Crippen molar-refractivity contribution in [2.75, 3.05) is 80.2 Å². The Hall–Kier alpha value is -0.650. The molecule has 0 aromatic heterocycles. The summed E-state index contributed by atoms with van der Waals surface area (Å²) in [4.78, 5) is 23.0. The van der Waals surface area contributed by atoms with Crippen LogP contribution in [0, 0.1) is 0 Å². The quantitative estimate of drug-likeness (QED) is 0.339. The lowest BCUT2D eigenvalue weighted by atomic mass is 10.3. The zero-order valence-electron chi connectivity index (χ0n) is 15.6. The summed E-state index contributed by atoms with van der Waals surface area (Å²) < 4.78 is 10.8. The van der Waals surface area contributed by atoms with Gasteiger partial charge >= 0.3 is 0 Å². The van der Waals surface area contributed by atoms with Crippen LogP contribution in [-0.4, -0.2) is 113 Å². The number of aliphatic imine (C=N–C) groups is 1. The van der Waals surface area contributed by atoms with E-state index in [-0.39, 0.29) is 36.0 Å². The van der Waals surface area contributed by atoms with Gasteiger partial charge in [0.25, 0.3) is 0 Å². The second-order valence-electron chi connectivity index (χ2n) is 6.30. The molecule has 8 nitrogen and oxygen atoms in total. The van der Waals surface area contributed by atoms with E-state index < -0.39 is 0 Å². The highest BCUT2D eigenvalue weighted by Gasteiger charge is 2.23. The topological polar surface area (TPSA) is 69.6 Å². The van der Waals surface area contributed by atoms with Gasteiger partial charge in [-0.1, -0.05) is 0 Å². The van der Waals surface area contributed by atoms with E-state index >= 15 is 0 Å². The van der Waals surface area contributed by atoms with Gasteiger partial charge in [0.2, 0.25) is 5.91 Å². The SMILES string of the molecule is CN=C(NCCC(=O)N1CCN(C)CC1)N1CCOC(COC)C1.I. The maximum absolute atomic E-state index is 12.3. The lowest BCUT2D eigenvalue weighted by molar-refractivity contribution is -0.132. The standard InChI is InChI=1S/C16H31N5O3.HI/c1-17-16(21-10-11-24-14(12-21)13-23-3)18-5-4-15(22)20-8-6-19(2)7-9-20;/h14H,4-13H2,1-3H3,(H,17,18);1H. The minimum Gasteiger partial charge on any atom is -0.382 e. The monoisotopic (exact) mass is 469 g/mol. The molecule has 1 atom stereocenters. The van der Waals surface area contributed by atoms with Crippen molar-refractivity contribution in [3.8, 4) is 0 Å². The predicted molar refractivity (Wildman–Crippen MR) is 109 cm³/mol. The van der Waals surface area contributed by atoms with Crippen molar-refractivity contribution in [3.63, 3.8) is 0 Å². The molecule has 0 aromatic carbocycles. The highest BCUT2D eigenvalue weighted by Crippen LogP contribution is 2.06. The molecule has 25 heavy (non-hydrogen) atoms. The molecule has 2 fully saturated rings. The number of nitrogens with zero attached hydrogens (tertiary/aromatic N) is 4. The Bertz CT molecular complexity index is 428. The summed E-state index contributed by atoms with van der Waals surface area (Å²) in [7, 11) is 5.54. The number of rotatable bonds is 5. The van der Waals surface area contributed by atoms with Crippen molar-refractivity contribution in [1.82, 2.24) is 20.0 Å². The maximum Gasteiger partial charge on any atom is 0.224 e. The number of guanidine groups is 1. The number of likely N-dealkylation sites (N-methyl/N-ethyl adjacent to an activating group) is 1. The van der Waals surface area contributed by atoms with Crippen LogP contribution >= 0.6 is 24.0 Å². The summed E-state index contributed by atoms with van der Waals surface area (Å²) in [5.74, 6) is 1.04. The van der Waals surface area contributed by atoms with Crippen molar-refractivity contribution in [2.45, 2.75) is 12.5 Å². The summed E-state index contributed by atoms with van der Waals surface area (Å²) in [6.45, 7) is 6.95. The minimum atomic E-state index is 0. The third kappa shape index (κ3) is 7.24. The van der Waals surface area contributed by atoms with Crippen LogP contribution in [0.25, 0.3) is 0 Å². The van der Waals surface area contributed by atoms with Gasteiger partial charge in [-0.3, -0.25) is 9.79 Å². The lowest BCUT2D eigenvalue weighted by Gasteiger charge is -2.35. The van der Waals surface area contributed by atoms with Crippen LogP contribution in [0.15, 0.2) is 4.99 Å². The molecule has 1 amide bonds. The molecule has 1 unspecified atom stereocenters. The second-order valence-corrected chi connectivity index (χ2v) is 6.30. The Morgan fingerprint density at radius 2 is 1.96 bits per heavy atom. The van der Waals surface area contributed by atoms with E-state index in [0.717, 1.165) is 45.2 Å². The van der Waals surface area contributed by atoms with Crippen molar-refractivity contribution in [1.29, 1.82) is 0 Å². The molecule has 9 heteroatoms. The number of piperazine rings is 1. The van der Waals surface area contributed by atoms with Crippen LogP contribution in [0.2, 0.25) is 0 Å². The van der Waals surface area contributed by atoms with Crippen molar-refractivity contribution in [2.24, 2.45) is 4.99 Å². The van der Waals surface area contributed by atoms with Gasteiger partial charge in [0, 0.05) is 66.4 Å². The van der Waals surface area contributed by atoms with Gasteiger partial charge in [-0.15, -0.1) is 24.0 Å². The fraction of sp³-hybridized carbons (Fsp3) is 0.875. The molecule has 0 bridgehead atoms. The minimum absolute atomic E-state index is 0. The Morgan fingerprint density at radius 1 is 1.24 bits per heavy atom. The number of amides is 1. The highest BCUT2D eigenvalue weighted by molar-refractivity contribution is 14.0. The molecule has 0 spiro atoms. The van der Waals surface area contributed by atoms with Crippen molar-refractivity contribution < 1.29 is 14.3 Å². The van der Waals surface area contributed by atoms with Gasteiger partial charge in [-0.2, -0.15) is 0 Å². The van der Waals surface area contributed by atoms with Crippen LogP contribution in [0.1, 0.15) is 6.42 Å². The molecule has 2 aliphatic rings. The Kier molecular flexibility index (Phi) is 10.6. The fourth-order valence-electron chi connectivity index (χ4n) is 3.03. The van der Waals surface area contributed by atoms with E-state index in [1.807, 2.05) is 4.90 Å². The number of methoxy groups -OCH3 is 1. The number of ether oxygens (including phenoxy) is 2. The van der Waals surface area contributed by atoms with Gasteiger partial charge in [0.1, 0.15) is 0 Å². The lowest BCUT2D eigenvalue weighted by Crippen LogP contribution is -2.52. The molecule has 0 aromatic rings. The Morgan fingerprint density at radius 3 is 2.60 bits per heavy atom. The van der Waals surface area contributed by atoms with E-state index in [1.165, 1.54) is 0 Å². The second kappa shape index (κ2) is 11.9. The third-order valence-electron chi connectivity index (χ3n) is 4.48. The van der Waals surface area contributed by atoms with Gasteiger partial charge < -0.3 is 29.5 Å². The predicted octanol–water partition coefficient (Wildman–Crippen LogP) is -0.309. The van der Waals surface area contributed by atoms with Crippen LogP contribution < -0.4 is 5.32 Å². The van der Waals surface area contributed by atoms with Crippen LogP contribution in [0.4, 0.5) is 0 Å². The summed E-state index contributed by atoms with van der Waals surface area (Å²) in [6, 6.07) is 0. The van der Waals surface area contributed by atoms with Crippen molar-refractivity contribution >= 4 is 35.8 Å². The Labute approximate surface area is 167 Å². The average molecular weight is 469 g/mol. The van der Waals surface area contributed by atoms with Crippen LogP contribution in [0.3, 0.4) is 0 Å². The molecule has 2 rings (SSSR count). The van der Waals surface area contributed by atoms with Crippen molar-refractivity contribution in [3.05, 3.63) is 0 Å². The maximum atomic E-state index is 12.3. The molecular formula is C16H32IN5O3. The first-order chi connectivity index (χ1) is 11.6. The molecule has 2 heterocycles. The number of hydrogen-bond donors (Lipinski definition) is 1. The number of nitrogens with one attached hydrogen (secondary N) is 1. The van der Waals surface area contributed by atoms with Gasteiger partial charge in [0.15, 0.2) is 5.96 Å². The van der Waals surface area contributed by atoms with E-state index in [4.69, 9.17) is 9.47 Å². The van der Waals surface area contributed by atoms with Crippen LogP contribution in [0.5, 0.6) is 0 Å². The normalized spacial score (nSPS) is 22.5. The largest absolute Gasteiger partial charge is 0.382 e. The zero-order valence-corrected chi connectivity index (χ0v) is 17.9.